The van der Waals surface area contributed by atoms with Gasteiger partial charge in [0, 0.05) is 24.0 Å². The minimum Gasteiger partial charge on any atom is -0.487 e. The van der Waals surface area contributed by atoms with Crippen LogP contribution in [-0.2, 0) is 9.47 Å². The second-order valence-electron chi connectivity index (χ2n) is 11.8. The van der Waals surface area contributed by atoms with E-state index in [9.17, 15) is 9.59 Å². The Morgan fingerprint density at radius 3 is 1.20 bits per heavy atom. The molecule has 2 aromatic rings. The maximum absolute atomic E-state index is 12.8. The molecule has 0 aromatic heterocycles. The highest BCUT2D eigenvalue weighted by atomic mass is 16.6. The van der Waals surface area contributed by atoms with Crippen molar-refractivity contribution in [2.45, 2.75) is 104 Å². The lowest BCUT2D eigenvalue weighted by atomic mass is 10.0. The summed E-state index contributed by atoms with van der Waals surface area (Å²) in [5.74, 6) is 2.41. The Hall–Kier alpha value is -3.10. The van der Waals surface area contributed by atoms with Crippen LogP contribution in [0, 0.1) is 0 Å². The molecular formula is C38H56O8. The normalized spacial score (nSPS) is 14.7. The highest BCUT2D eigenvalue weighted by Gasteiger charge is 2.14. The molecule has 0 radical (unpaired) electrons. The van der Waals surface area contributed by atoms with E-state index in [1.165, 1.54) is 51.4 Å². The zero-order valence-corrected chi connectivity index (χ0v) is 28.3. The van der Waals surface area contributed by atoms with Gasteiger partial charge >= 0.3 is 0 Å². The minimum atomic E-state index is 0.118. The van der Waals surface area contributed by atoms with Gasteiger partial charge in [0.15, 0.2) is 34.6 Å². The fraction of sp³-hybridized carbons (Fsp3) is 0.632. The Morgan fingerprint density at radius 1 is 0.457 bits per heavy atom. The van der Waals surface area contributed by atoms with Gasteiger partial charge in [0.25, 0.3) is 0 Å². The van der Waals surface area contributed by atoms with Crippen molar-refractivity contribution in [3.63, 3.8) is 0 Å². The molecule has 8 nitrogen and oxygen atoms in total. The fourth-order valence-electron chi connectivity index (χ4n) is 5.29. The summed E-state index contributed by atoms with van der Waals surface area (Å²) in [6.07, 6.45) is 14.8. The van der Waals surface area contributed by atoms with Gasteiger partial charge in [-0.25, -0.2) is 0 Å². The second-order valence-corrected chi connectivity index (χ2v) is 11.8. The first-order chi connectivity index (χ1) is 22.6. The van der Waals surface area contributed by atoms with E-state index in [-0.39, 0.29) is 11.6 Å². The van der Waals surface area contributed by atoms with E-state index in [0.29, 0.717) is 99.8 Å². The summed E-state index contributed by atoms with van der Waals surface area (Å²) in [6.45, 7) is 7.02. The van der Waals surface area contributed by atoms with Crippen molar-refractivity contribution in [1.29, 1.82) is 0 Å². The molecule has 256 valence electrons. The number of hydrogen-bond donors (Lipinski definition) is 0. The molecule has 3 rings (SSSR count). The number of ether oxygens (including phenoxy) is 6. The van der Waals surface area contributed by atoms with Crippen LogP contribution in [0.5, 0.6) is 23.0 Å². The first-order valence-corrected chi connectivity index (χ1v) is 17.6. The minimum absolute atomic E-state index is 0.118. The number of hydrogen-bond acceptors (Lipinski definition) is 8. The summed E-state index contributed by atoms with van der Waals surface area (Å²) >= 11 is 0. The number of ketones is 2. The van der Waals surface area contributed by atoms with Gasteiger partial charge in [-0.3, -0.25) is 9.59 Å². The van der Waals surface area contributed by atoms with Gasteiger partial charge in [-0.1, -0.05) is 78.1 Å². The van der Waals surface area contributed by atoms with Crippen molar-refractivity contribution < 1.29 is 38.0 Å². The predicted octanol–water partition coefficient (Wildman–Crippen LogP) is 8.82. The average Bonchev–Trinajstić information content (AvgIpc) is 3.07. The molecule has 0 saturated heterocycles. The Labute approximate surface area is 276 Å². The van der Waals surface area contributed by atoms with Crippen molar-refractivity contribution in [2.24, 2.45) is 0 Å². The van der Waals surface area contributed by atoms with Crippen LogP contribution in [0.3, 0.4) is 0 Å². The Kier molecular flexibility index (Phi) is 18.9. The molecule has 0 bridgehead atoms. The molecule has 0 unspecified atom stereocenters. The topological polar surface area (TPSA) is 89.5 Å². The Morgan fingerprint density at radius 2 is 0.804 bits per heavy atom. The predicted molar refractivity (Wildman–Crippen MR) is 181 cm³/mol. The summed E-state index contributed by atoms with van der Waals surface area (Å²) in [7, 11) is 0. The third kappa shape index (κ3) is 14.5. The van der Waals surface area contributed by atoms with Crippen molar-refractivity contribution >= 4 is 11.6 Å². The molecule has 0 fully saturated rings. The van der Waals surface area contributed by atoms with Crippen LogP contribution in [0.25, 0.3) is 0 Å². The number of fused-ring (bicyclic) bond motifs is 2. The summed E-state index contributed by atoms with van der Waals surface area (Å²) < 4.78 is 35.4. The first-order valence-electron chi connectivity index (χ1n) is 17.6. The maximum Gasteiger partial charge on any atom is 0.163 e. The zero-order valence-electron chi connectivity index (χ0n) is 28.3. The lowest BCUT2D eigenvalue weighted by molar-refractivity contribution is 0.0639. The molecule has 0 spiro atoms. The molecule has 0 amide bonds. The van der Waals surface area contributed by atoms with Crippen molar-refractivity contribution in [3.05, 3.63) is 47.5 Å². The molecule has 1 aliphatic rings. The van der Waals surface area contributed by atoms with Crippen LogP contribution in [0.4, 0.5) is 0 Å². The van der Waals surface area contributed by atoms with Gasteiger partial charge in [0.1, 0.15) is 26.4 Å². The highest BCUT2D eigenvalue weighted by molar-refractivity contribution is 5.97. The van der Waals surface area contributed by atoms with Crippen LogP contribution in [0.2, 0.25) is 0 Å². The van der Waals surface area contributed by atoms with E-state index in [4.69, 9.17) is 28.4 Å². The molecule has 46 heavy (non-hydrogen) atoms. The van der Waals surface area contributed by atoms with E-state index in [2.05, 4.69) is 13.8 Å². The van der Waals surface area contributed by atoms with E-state index in [0.717, 1.165) is 25.7 Å². The van der Waals surface area contributed by atoms with Gasteiger partial charge < -0.3 is 28.4 Å². The maximum atomic E-state index is 12.8. The van der Waals surface area contributed by atoms with Crippen molar-refractivity contribution in [3.8, 4) is 23.0 Å². The molecular weight excluding hydrogens is 584 g/mol. The van der Waals surface area contributed by atoms with E-state index in [1.807, 2.05) is 0 Å². The molecule has 8 heteroatoms. The first kappa shape index (κ1) is 37.4. The third-order valence-corrected chi connectivity index (χ3v) is 7.99. The SMILES string of the molecule is CCCCCCCCC(=O)c1ccc2c(c1)OCCOCCOc1ccc(C(=O)CCCCCCCC)cc1OCCOCCO2. The number of benzene rings is 2. The number of carbonyl (C=O) groups excluding carboxylic acids is 2. The highest BCUT2D eigenvalue weighted by Crippen LogP contribution is 2.31. The van der Waals surface area contributed by atoms with Crippen molar-refractivity contribution in [2.75, 3.05) is 52.9 Å². The zero-order chi connectivity index (χ0) is 32.7. The standard InChI is InChI=1S/C38H56O8/c1-3-5-7-9-11-13-15-33(39)31-17-19-35-37(29-31)45-27-23-41-22-26-44-36-20-18-32(34(40)16-14-12-10-8-6-4-2)30-38(36)46-28-24-42-21-25-43-35/h17-20,29-30H,3-16,21-28H2,1-2H3. The Bertz CT molecular complexity index is 1060. The van der Waals surface area contributed by atoms with Gasteiger partial charge in [0.2, 0.25) is 0 Å². The van der Waals surface area contributed by atoms with E-state index in [1.54, 1.807) is 36.4 Å². The summed E-state index contributed by atoms with van der Waals surface area (Å²) in [5.41, 5.74) is 1.26. The van der Waals surface area contributed by atoms with Crippen molar-refractivity contribution in [1.82, 2.24) is 0 Å². The molecule has 0 saturated carbocycles. The lowest BCUT2D eigenvalue weighted by Crippen LogP contribution is -2.16. The quantitative estimate of drug-likeness (QED) is 0.133. The monoisotopic (exact) mass is 640 g/mol. The molecule has 1 heterocycles. The second kappa shape index (κ2) is 23.3. The van der Waals surface area contributed by atoms with E-state index >= 15 is 0 Å². The van der Waals surface area contributed by atoms with Gasteiger partial charge in [0.05, 0.1) is 26.4 Å². The summed E-state index contributed by atoms with van der Waals surface area (Å²) in [6, 6.07) is 10.7. The van der Waals surface area contributed by atoms with Crippen LogP contribution in [0.1, 0.15) is 124 Å². The molecule has 1 aliphatic heterocycles. The van der Waals surface area contributed by atoms with Crippen LogP contribution >= 0.6 is 0 Å². The van der Waals surface area contributed by atoms with Gasteiger partial charge in [-0.05, 0) is 49.2 Å². The van der Waals surface area contributed by atoms with Crippen LogP contribution < -0.4 is 18.9 Å². The van der Waals surface area contributed by atoms with Gasteiger partial charge in [-0.15, -0.1) is 0 Å². The molecule has 0 aliphatic carbocycles. The number of carbonyl (C=O) groups is 2. The summed E-state index contributed by atoms with van der Waals surface area (Å²) in [5, 5.41) is 0. The molecule has 0 atom stereocenters. The third-order valence-electron chi connectivity index (χ3n) is 7.99. The van der Waals surface area contributed by atoms with Gasteiger partial charge in [-0.2, -0.15) is 0 Å². The molecule has 2 aromatic carbocycles. The number of rotatable bonds is 16. The number of Topliss-reactive ketones (excluding diaryl/α,β-unsaturated/α-hetero) is 2. The Balaban J connectivity index is 1.52. The van der Waals surface area contributed by atoms with Crippen LogP contribution in [0.15, 0.2) is 36.4 Å². The average molecular weight is 641 g/mol. The van der Waals surface area contributed by atoms with E-state index < -0.39 is 0 Å². The largest absolute Gasteiger partial charge is 0.487 e. The smallest absolute Gasteiger partial charge is 0.163 e. The number of unbranched alkanes of at least 4 members (excludes halogenated alkanes) is 10. The summed E-state index contributed by atoms with van der Waals surface area (Å²) in [4.78, 5) is 25.7. The fourth-order valence-corrected chi connectivity index (χ4v) is 5.29. The lowest BCUT2D eigenvalue weighted by Gasteiger charge is -2.16. The molecule has 0 N–H and O–H groups in total. The van der Waals surface area contributed by atoms with Crippen LogP contribution in [-0.4, -0.2) is 64.4 Å².